The highest BCUT2D eigenvalue weighted by Crippen LogP contribution is 2.36. The Kier molecular flexibility index (Phi) is 4.30. The number of pyridine rings is 1. The normalized spacial score (nSPS) is 12.8. The lowest BCUT2D eigenvalue weighted by Gasteiger charge is -2.20. The zero-order valence-electron chi connectivity index (χ0n) is 14.1. The van der Waals surface area contributed by atoms with Crippen LogP contribution in [0.2, 0.25) is 0 Å². The first-order valence-corrected chi connectivity index (χ1v) is 8.09. The Hall–Kier alpha value is -3.69. The topological polar surface area (TPSA) is 85.7 Å². The van der Waals surface area contributed by atoms with Crippen molar-refractivity contribution in [2.75, 3.05) is 0 Å². The Morgan fingerprint density at radius 1 is 1.11 bits per heavy atom. The van der Waals surface area contributed by atoms with Crippen molar-refractivity contribution in [3.63, 3.8) is 0 Å². The van der Waals surface area contributed by atoms with E-state index in [9.17, 15) is 18.0 Å². The summed E-state index contributed by atoms with van der Waals surface area (Å²) in [4.78, 5) is 22.4. The van der Waals surface area contributed by atoms with E-state index in [1.165, 1.54) is 42.7 Å². The molecular formula is C18H12F3N5O2. The minimum atomic E-state index is -4.56. The second-order valence-corrected chi connectivity index (χ2v) is 5.88. The predicted octanol–water partition coefficient (Wildman–Crippen LogP) is 3.46. The highest BCUT2D eigenvalue weighted by Gasteiger charge is 2.43. The summed E-state index contributed by atoms with van der Waals surface area (Å²) in [6.45, 7) is 0. The first-order valence-electron chi connectivity index (χ1n) is 8.09. The van der Waals surface area contributed by atoms with Crippen molar-refractivity contribution in [2.45, 2.75) is 12.2 Å². The molecule has 1 atom stereocenters. The van der Waals surface area contributed by atoms with Crippen LogP contribution in [-0.2, 0) is 0 Å². The Morgan fingerprint density at radius 2 is 1.89 bits per heavy atom. The molecule has 4 rings (SSSR count). The largest absolute Gasteiger partial charge is 0.422 e. The molecule has 7 nitrogen and oxygen atoms in total. The van der Waals surface area contributed by atoms with Crippen molar-refractivity contribution in [1.82, 2.24) is 24.7 Å². The van der Waals surface area contributed by atoms with Gasteiger partial charge < -0.3 is 4.74 Å². The van der Waals surface area contributed by atoms with Gasteiger partial charge >= 0.3 is 12.2 Å². The summed E-state index contributed by atoms with van der Waals surface area (Å²) < 4.78 is 46.9. The lowest BCUT2D eigenvalue weighted by Crippen LogP contribution is -2.28. The molecule has 0 amide bonds. The summed E-state index contributed by atoms with van der Waals surface area (Å²) in [5, 5.41) is 4.10. The van der Waals surface area contributed by atoms with Crippen molar-refractivity contribution in [2.24, 2.45) is 0 Å². The Labute approximate surface area is 155 Å². The van der Waals surface area contributed by atoms with Crippen LogP contribution in [0.15, 0.2) is 66.0 Å². The van der Waals surface area contributed by atoms with E-state index in [-0.39, 0.29) is 17.3 Å². The fourth-order valence-electron chi connectivity index (χ4n) is 2.77. The number of aromatic nitrogens is 5. The number of hydrogen-bond acceptors (Lipinski definition) is 5. The maximum absolute atomic E-state index is 13.6. The van der Waals surface area contributed by atoms with Gasteiger partial charge in [-0.05, 0) is 11.6 Å². The summed E-state index contributed by atoms with van der Waals surface area (Å²) in [5.41, 5.74) is -0.119. The summed E-state index contributed by atoms with van der Waals surface area (Å²) in [7, 11) is 0. The van der Waals surface area contributed by atoms with E-state index >= 15 is 0 Å². The molecule has 1 N–H and O–H groups in total. The van der Waals surface area contributed by atoms with Gasteiger partial charge in [0, 0.05) is 6.20 Å². The Morgan fingerprint density at radius 3 is 2.64 bits per heavy atom. The van der Waals surface area contributed by atoms with Crippen LogP contribution in [0.3, 0.4) is 0 Å². The van der Waals surface area contributed by atoms with E-state index in [1.54, 1.807) is 6.07 Å². The molecule has 1 unspecified atom stereocenters. The second-order valence-electron chi connectivity index (χ2n) is 5.88. The van der Waals surface area contributed by atoms with Crippen molar-refractivity contribution < 1.29 is 17.9 Å². The molecule has 10 heteroatoms. The fourth-order valence-corrected chi connectivity index (χ4v) is 2.77. The summed E-state index contributed by atoms with van der Waals surface area (Å²) in [6.07, 6.45) is 0.486. The van der Waals surface area contributed by atoms with E-state index in [1.807, 2.05) is 0 Å². The van der Waals surface area contributed by atoms with Crippen molar-refractivity contribution >= 4 is 10.9 Å². The first-order chi connectivity index (χ1) is 13.4. The molecule has 3 heterocycles. The first kappa shape index (κ1) is 17.7. The number of alkyl halides is 3. The maximum Gasteiger partial charge on any atom is 0.415 e. The van der Waals surface area contributed by atoms with Gasteiger partial charge in [-0.1, -0.05) is 30.3 Å². The number of halogens is 3. The number of hydrogen-bond donors (Lipinski definition) is 1. The molecule has 0 saturated carbocycles. The van der Waals surface area contributed by atoms with Crippen molar-refractivity contribution in [1.29, 1.82) is 0 Å². The smallest absolute Gasteiger partial charge is 0.415 e. The summed E-state index contributed by atoms with van der Waals surface area (Å²) >= 11 is 0. The second kappa shape index (κ2) is 6.80. The van der Waals surface area contributed by atoms with Crippen LogP contribution < -0.4 is 10.3 Å². The van der Waals surface area contributed by atoms with E-state index in [2.05, 4.69) is 20.1 Å². The minimum Gasteiger partial charge on any atom is -0.422 e. The molecule has 0 aliphatic rings. The number of fused-ring (bicyclic) bond motifs is 1. The predicted molar refractivity (Wildman–Crippen MR) is 93.1 cm³/mol. The zero-order valence-corrected chi connectivity index (χ0v) is 14.1. The fraction of sp³-hybridized carbons (Fsp3) is 0.111. The van der Waals surface area contributed by atoms with Gasteiger partial charge in [0.15, 0.2) is 11.8 Å². The van der Waals surface area contributed by atoms with Gasteiger partial charge in [0.1, 0.15) is 0 Å². The third kappa shape index (κ3) is 3.43. The molecule has 4 aromatic rings. The van der Waals surface area contributed by atoms with Gasteiger partial charge in [-0.2, -0.15) is 23.3 Å². The SMILES string of the molecule is O=c1[nH]c(Oc2cnn(C(c3ccccc3)C(F)(F)F)c2)nc2cnccc12. The van der Waals surface area contributed by atoms with Crippen LogP contribution in [0, 0.1) is 0 Å². The minimum absolute atomic E-state index is 0.00317. The average molecular weight is 387 g/mol. The third-order valence-corrected chi connectivity index (χ3v) is 3.97. The van der Waals surface area contributed by atoms with E-state index in [4.69, 9.17) is 4.74 Å². The van der Waals surface area contributed by atoms with Gasteiger partial charge in [0.2, 0.25) is 0 Å². The van der Waals surface area contributed by atoms with Crippen LogP contribution in [-0.4, -0.2) is 30.9 Å². The highest BCUT2D eigenvalue weighted by molar-refractivity contribution is 5.76. The molecule has 28 heavy (non-hydrogen) atoms. The molecular weight excluding hydrogens is 375 g/mol. The monoisotopic (exact) mass is 387 g/mol. The van der Waals surface area contributed by atoms with Crippen molar-refractivity contribution in [3.05, 3.63) is 77.1 Å². The van der Waals surface area contributed by atoms with E-state index in [0.717, 1.165) is 17.1 Å². The van der Waals surface area contributed by atoms with Crippen LogP contribution in [0.1, 0.15) is 11.6 Å². The van der Waals surface area contributed by atoms with Crippen LogP contribution >= 0.6 is 0 Å². The molecule has 0 aliphatic heterocycles. The van der Waals surface area contributed by atoms with Crippen LogP contribution in [0.4, 0.5) is 13.2 Å². The molecule has 142 valence electrons. The lowest BCUT2D eigenvalue weighted by molar-refractivity contribution is -0.159. The molecule has 0 saturated heterocycles. The molecule has 0 spiro atoms. The number of aromatic amines is 1. The molecule has 0 fully saturated rings. The van der Waals surface area contributed by atoms with Gasteiger partial charge in [0.05, 0.1) is 29.5 Å². The zero-order chi connectivity index (χ0) is 19.7. The number of H-pyrrole nitrogens is 1. The number of ether oxygens (including phenoxy) is 1. The van der Waals surface area contributed by atoms with Crippen LogP contribution in [0.25, 0.3) is 10.9 Å². The lowest BCUT2D eigenvalue weighted by atomic mass is 10.1. The summed E-state index contributed by atoms with van der Waals surface area (Å²) in [6, 6.07) is 6.76. The Balaban J connectivity index is 1.66. The van der Waals surface area contributed by atoms with E-state index in [0.29, 0.717) is 10.9 Å². The summed E-state index contributed by atoms with van der Waals surface area (Å²) in [5.74, 6) is -0.00317. The molecule has 0 radical (unpaired) electrons. The quantitative estimate of drug-likeness (QED) is 0.580. The number of benzene rings is 1. The van der Waals surface area contributed by atoms with Crippen molar-refractivity contribution in [3.8, 4) is 11.8 Å². The number of nitrogens with zero attached hydrogens (tertiary/aromatic N) is 4. The highest BCUT2D eigenvalue weighted by atomic mass is 19.4. The van der Waals surface area contributed by atoms with Crippen LogP contribution in [0.5, 0.6) is 11.8 Å². The van der Waals surface area contributed by atoms with Gasteiger partial charge in [-0.3, -0.25) is 19.4 Å². The molecule has 1 aromatic carbocycles. The molecule has 3 aromatic heterocycles. The Bertz CT molecular complexity index is 1170. The molecule has 0 bridgehead atoms. The molecule has 0 aliphatic carbocycles. The van der Waals surface area contributed by atoms with E-state index < -0.39 is 17.8 Å². The van der Waals surface area contributed by atoms with Gasteiger partial charge in [-0.15, -0.1) is 0 Å². The maximum atomic E-state index is 13.6. The van der Waals surface area contributed by atoms with Gasteiger partial charge in [-0.25, -0.2) is 0 Å². The third-order valence-electron chi connectivity index (χ3n) is 3.97. The average Bonchev–Trinajstić information content (AvgIpc) is 3.09. The standard InChI is InChI=1S/C18H12F3N5O2/c19-18(20,21)15(11-4-2-1-3-5-11)26-10-12(8-23-26)28-17-24-14-9-22-7-6-13(14)16(27)25-17/h1-10,15H,(H,24,25,27). The number of rotatable bonds is 4. The van der Waals surface area contributed by atoms with Gasteiger partial charge in [0.25, 0.3) is 5.56 Å². The number of nitrogens with one attached hydrogen (secondary N) is 1.